The highest BCUT2D eigenvalue weighted by Crippen LogP contribution is 2.57. The van der Waals surface area contributed by atoms with E-state index in [-0.39, 0.29) is 23.6 Å². The van der Waals surface area contributed by atoms with Gasteiger partial charge in [0.25, 0.3) is 5.91 Å². The number of rotatable bonds is 6. The summed E-state index contributed by atoms with van der Waals surface area (Å²) < 4.78 is 6.80. The van der Waals surface area contributed by atoms with E-state index in [0.29, 0.717) is 0 Å². The van der Waals surface area contributed by atoms with Crippen molar-refractivity contribution in [2.24, 2.45) is 17.8 Å². The average molecular weight is 482 g/mol. The zero-order chi connectivity index (χ0) is 24.9. The summed E-state index contributed by atoms with van der Waals surface area (Å²) in [5, 5.41) is 0. The van der Waals surface area contributed by atoms with E-state index in [0.717, 1.165) is 54.7 Å². The molecule has 0 N–H and O–H groups in total. The Kier molecular flexibility index (Phi) is 6.11. The maximum atomic E-state index is 13.1. The third-order valence-electron chi connectivity index (χ3n) is 9.48. The molecule has 0 saturated heterocycles. The molecular formula is C33H39NO2. The van der Waals surface area contributed by atoms with Gasteiger partial charge < -0.3 is 9.64 Å². The molecule has 4 fully saturated rings. The molecule has 0 aromatic heterocycles. The summed E-state index contributed by atoms with van der Waals surface area (Å²) >= 11 is 0. The van der Waals surface area contributed by atoms with Crippen molar-refractivity contribution in [3.63, 3.8) is 0 Å². The molecule has 36 heavy (non-hydrogen) atoms. The van der Waals surface area contributed by atoms with E-state index in [2.05, 4.69) is 62.2 Å². The van der Waals surface area contributed by atoms with Gasteiger partial charge in [0.05, 0.1) is 6.04 Å². The zero-order valence-corrected chi connectivity index (χ0v) is 21.8. The van der Waals surface area contributed by atoms with E-state index < -0.39 is 0 Å². The molecule has 5 aliphatic rings. The summed E-state index contributed by atoms with van der Waals surface area (Å²) in [5.41, 5.74) is 4.96. The molecule has 0 radical (unpaired) electrons. The number of carbonyl (C=O) groups excluding carboxylic acids is 1. The summed E-state index contributed by atoms with van der Waals surface area (Å²) in [6.45, 7) is 4.35. The van der Waals surface area contributed by atoms with E-state index in [1.807, 2.05) is 4.90 Å². The maximum absolute atomic E-state index is 13.1. The van der Waals surface area contributed by atoms with E-state index in [9.17, 15) is 4.79 Å². The topological polar surface area (TPSA) is 29.5 Å². The molecule has 188 valence electrons. The smallest absolute Gasteiger partial charge is 0.299 e. The van der Waals surface area contributed by atoms with Crippen LogP contribution in [0.2, 0.25) is 0 Å². The fourth-order valence-corrected chi connectivity index (χ4v) is 8.39. The summed E-state index contributed by atoms with van der Waals surface area (Å²) in [7, 11) is 0. The minimum absolute atomic E-state index is 0.0436. The van der Waals surface area contributed by atoms with E-state index >= 15 is 0 Å². The molecule has 4 bridgehead atoms. The first-order valence-electron chi connectivity index (χ1n) is 14.1. The van der Waals surface area contributed by atoms with Crippen molar-refractivity contribution < 1.29 is 9.53 Å². The zero-order valence-electron chi connectivity index (χ0n) is 21.8. The van der Waals surface area contributed by atoms with Crippen LogP contribution in [0.3, 0.4) is 0 Å². The molecule has 4 aliphatic carbocycles. The lowest BCUT2D eigenvalue weighted by atomic mass is 9.54. The van der Waals surface area contributed by atoms with Crippen LogP contribution in [-0.2, 0) is 11.2 Å². The Labute approximate surface area is 216 Å². The summed E-state index contributed by atoms with van der Waals surface area (Å²) in [5.74, 6) is 5.79. The second-order valence-electron chi connectivity index (χ2n) is 12.2. The van der Waals surface area contributed by atoms with Gasteiger partial charge in [-0.2, -0.15) is 0 Å². The standard InChI is InChI=1S/C33H39NO2/c1-4-6-7-28-18-27-14-22(3)8-13-30(27)32(34(28)31(35)5-2)26-9-11-29(12-10-26)36-33-19-23-15-24(20-33)17-25(16-23)21-33/h2,8-14,23-25,28,32H,4,6-7,15-21H2,1,3H3/t23?,24?,25?,28-,32-,33?/m0/s1. The van der Waals surface area contributed by atoms with Crippen LogP contribution in [0.4, 0.5) is 0 Å². The number of terminal acetylenes is 1. The van der Waals surface area contributed by atoms with Crippen LogP contribution in [0.1, 0.15) is 93.0 Å². The van der Waals surface area contributed by atoms with E-state index in [4.69, 9.17) is 11.2 Å². The normalized spacial score (nSPS) is 32.1. The number of aryl methyl sites for hydroxylation is 1. The van der Waals surface area contributed by atoms with Crippen LogP contribution in [0, 0.1) is 37.0 Å². The summed E-state index contributed by atoms with van der Waals surface area (Å²) in [4.78, 5) is 15.1. The number of hydrogen-bond donors (Lipinski definition) is 0. The summed E-state index contributed by atoms with van der Waals surface area (Å²) in [6, 6.07) is 15.2. The van der Waals surface area contributed by atoms with Gasteiger partial charge >= 0.3 is 0 Å². The van der Waals surface area contributed by atoms with Crippen molar-refractivity contribution in [3.8, 4) is 18.1 Å². The molecule has 2 atom stereocenters. The van der Waals surface area contributed by atoms with Gasteiger partial charge in [0.2, 0.25) is 0 Å². The second kappa shape index (κ2) is 9.29. The van der Waals surface area contributed by atoms with Crippen LogP contribution >= 0.6 is 0 Å². The van der Waals surface area contributed by atoms with Crippen molar-refractivity contribution in [1.82, 2.24) is 4.90 Å². The van der Waals surface area contributed by atoms with E-state index in [1.165, 1.54) is 55.2 Å². The first-order valence-corrected chi connectivity index (χ1v) is 14.1. The molecular weight excluding hydrogens is 442 g/mol. The van der Waals surface area contributed by atoms with Crippen molar-refractivity contribution in [3.05, 3.63) is 64.7 Å². The number of ether oxygens (including phenoxy) is 1. The minimum atomic E-state index is -0.207. The molecule has 1 amide bonds. The van der Waals surface area contributed by atoms with Crippen LogP contribution in [-0.4, -0.2) is 22.4 Å². The minimum Gasteiger partial charge on any atom is -0.487 e. The predicted octanol–water partition coefficient (Wildman–Crippen LogP) is 7.01. The molecule has 2 aromatic carbocycles. The largest absolute Gasteiger partial charge is 0.487 e. The third kappa shape index (κ3) is 4.23. The molecule has 4 saturated carbocycles. The Morgan fingerprint density at radius 2 is 1.72 bits per heavy atom. The van der Waals surface area contributed by atoms with Gasteiger partial charge in [-0.05, 0) is 111 Å². The van der Waals surface area contributed by atoms with Crippen molar-refractivity contribution in [1.29, 1.82) is 0 Å². The second-order valence-corrected chi connectivity index (χ2v) is 12.2. The number of benzene rings is 2. The lowest BCUT2D eigenvalue weighted by Gasteiger charge is -2.56. The van der Waals surface area contributed by atoms with Gasteiger partial charge in [0.1, 0.15) is 11.4 Å². The van der Waals surface area contributed by atoms with Gasteiger partial charge in [-0.25, -0.2) is 0 Å². The number of fused-ring (bicyclic) bond motifs is 1. The number of nitrogens with zero attached hydrogens (tertiary/aromatic N) is 1. The molecule has 0 unspecified atom stereocenters. The first kappa shape index (κ1) is 23.7. The number of amides is 1. The van der Waals surface area contributed by atoms with Gasteiger partial charge in [-0.3, -0.25) is 4.79 Å². The summed E-state index contributed by atoms with van der Waals surface area (Å²) in [6.07, 6.45) is 17.7. The first-order chi connectivity index (χ1) is 17.5. The van der Waals surface area contributed by atoms with Gasteiger partial charge in [-0.1, -0.05) is 55.7 Å². The van der Waals surface area contributed by atoms with Crippen LogP contribution < -0.4 is 4.74 Å². The Hall–Kier alpha value is -2.73. The molecule has 1 aliphatic heterocycles. The van der Waals surface area contributed by atoms with Gasteiger partial charge in [-0.15, -0.1) is 6.42 Å². The molecule has 1 heterocycles. The monoisotopic (exact) mass is 481 g/mol. The van der Waals surface area contributed by atoms with Crippen LogP contribution in [0.25, 0.3) is 0 Å². The van der Waals surface area contributed by atoms with Gasteiger partial charge in [0, 0.05) is 6.04 Å². The molecule has 7 rings (SSSR count). The number of hydrogen-bond acceptors (Lipinski definition) is 2. The van der Waals surface area contributed by atoms with Crippen LogP contribution in [0.5, 0.6) is 5.75 Å². The van der Waals surface area contributed by atoms with Gasteiger partial charge in [0.15, 0.2) is 0 Å². The average Bonchev–Trinajstić information content (AvgIpc) is 2.85. The molecule has 2 aromatic rings. The Morgan fingerprint density at radius 3 is 2.33 bits per heavy atom. The Bertz CT molecular complexity index is 1140. The van der Waals surface area contributed by atoms with Crippen molar-refractivity contribution in [2.45, 2.75) is 95.7 Å². The lowest BCUT2D eigenvalue weighted by molar-refractivity contribution is -0.130. The SMILES string of the molecule is C#CC(=O)N1[C@@H](CCCC)Cc2cc(C)ccc2[C@@H]1c1ccc(OC23CC4CC(CC(C4)C2)C3)cc1. The highest BCUT2D eigenvalue weighted by atomic mass is 16.5. The Balaban J connectivity index is 1.32. The van der Waals surface area contributed by atoms with E-state index in [1.54, 1.807) is 0 Å². The quantitative estimate of drug-likeness (QED) is 0.415. The number of unbranched alkanes of at least 4 members (excludes halogenated alkanes) is 1. The van der Waals surface area contributed by atoms with Crippen molar-refractivity contribution in [2.75, 3.05) is 0 Å². The van der Waals surface area contributed by atoms with Crippen molar-refractivity contribution >= 4 is 5.91 Å². The third-order valence-corrected chi connectivity index (χ3v) is 9.48. The Morgan fingerprint density at radius 1 is 1.06 bits per heavy atom. The van der Waals surface area contributed by atoms with Crippen LogP contribution in [0.15, 0.2) is 42.5 Å². The number of carbonyl (C=O) groups is 1. The highest BCUT2D eigenvalue weighted by molar-refractivity contribution is 5.94. The maximum Gasteiger partial charge on any atom is 0.299 e. The fraction of sp³-hybridized carbons (Fsp3) is 0.545. The molecule has 0 spiro atoms. The fourth-order valence-electron chi connectivity index (χ4n) is 8.39. The predicted molar refractivity (Wildman–Crippen MR) is 144 cm³/mol. The lowest BCUT2D eigenvalue weighted by Crippen LogP contribution is -2.53. The molecule has 3 heteroatoms. The highest BCUT2D eigenvalue weighted by Gasteiger charge is 2.52. The molecule has 3 nitrogen and oxygen atoms in total.